The van der Waals surface area contributed by atoms with Gasteiger partial charge in [-0.05, 0) is 36.9 Å². The first-order valence-electron chi connectivity index (χ1n) is 6.92. The van der Waals surface area contributed by atoms with Crippen molar-refractivity contribution in [2.45, 2.75) is 18.5 Å². The summed E-state index contributed by atoms with van der Waals surface area (Å²) in [6, 6.07) is 6.80. The molecule has 4 nitrogen and oxygen atoms in total. The summed E-state index contributed by atoms with van der Waals surface area (Å²) in [7, 11) is 5.51. The van der Waals surface area contributed by atoms with E-state index in [0.29, 0.717) is 12.6 Å². The van der Waals surface area contributed by atoms with E-state index >= 15 is 0 Å². The van der Waals surface area contributed by atoms with Crippen LogP contribution in [0.1, 0.15) is 18.0 Å². The lowest BCUT2D eigenvalue weighted by Crippen LogP contribution is -2.38. The fourth-order valence-electron chi connectivity index (χ4n) is 2.66. The van der Waals surface area contributed by atoms with Crippen molar-refractivity contribution < 1.29 is 9.47 Å². The fourth-order valence-corrected chi connectivity index (χ4v) is 3.94. The maximum atomic E-state index is 6.03. The lowest BCUT2D eigenvalue weighted by molar-refractivity contribution is 0.192. The Morgan fingerprint density at radius 2 is 1.95 bits per heavy atom. The molecular formula is C15H24N2O2S. The highest BCUT2D eigenvalue weighted by Gasteiger charge is 2.26. The number of likely N-dealkylation sites (N-methyl/N-ethyl adjacent to an activating group) is 1. The molecule has 0 spiro atoms. The van der Waals surface area contributed by atoms with Gasteiger partial charge in [0.25, 0.3) is 0 Å². The second-order valence-corrected chi connectivity index (χ2v) is 6.23. The minimum Gasteiger partial charge on any atom is -0.497 e. The van der Waals surface area contributed by atoms with Crippen molar-refractivity contribution >= 4 is 11.8 Å². The number of methoxy groups -OCH3 is 2. The number of nitrogens with two attached hydrogens (primary N) is 1. The molecule has 0 aliphatic carbocycles. The van der Waals surface area contributed by atoms with E-state index in [1.54, 1.807) is 14.2 Å². The molecule has 0 saturated carbocycles. The highest BCUT2D eigenvalue weighted by Crippen LogP contribution is 2.32. The minimum atomic E-state index is 0.197. The normalized spacial score (nSPS) is 20.1. The molecule has 1 aliphatic heterocycles. The smallest absolute Gasteiger partial charge is 0.122 e. The lowest BCUT2D eigenvalue weighted by Gasteiger charge is -2.32. The maximum Gasteiger partial charge on any atom is 0.122 e. The topological polar surface area (TPSA) is 47.7 Å². The van der Waals surface area contributed by atoms with Crippen molar-refractivity contribution in [1.82, 2.24) is 4.90 Å². The van der Waals surface area contributed by atoms with Crippen molar-refractivity contribution in [3.63, 3.8) is 0 Å². The largest absolute Gasteiger partial charge is 0.497 e. The number of nitrogens with zero attached hydrogens (tertiary/aromatic N) is 1. The highest BCUT2D eigenvalue weighted by molar-refractivity contribution is 7.99. The van der Waals surface area contributed by atoms with Crippen molar-refractivity contribution in [2.24, 2.45) is 5.73 Å². The molecule has 5 heteroatoms. The number of hydrogen-bond donors (Lipinski definition) is 1. The molecule has 0 radical (unpaired) electrons. The van der Waals surface area contributed by atoms with E-state index in [2.05, 4.69) is 24.1 Å². The molecule has 0 aromatic heterocycles. The van der Waals surface area contributed by atoms with Gasteiger partial charge in [0.1, 0.15) is 11.5 Å². The summed E-state index contributed by atoms with van der Waals surface area (Å²) in [6.07, 6.45) is 1.23. The van der Waals surface area contributed by atoms with Crippen molar-refractivity contribution in [3.05, 3.63) is 23.8 Å². The molecule has 0 bridgehead atoms. The van der Waals surface area contributed by atoms with Crippen LogP contribution in [-0.4, -0.2) is 50.3 Å². The average Bonchev–Trinajstić information content (AvgIpc) is 3.01. The molecule has 1 aromatic carbocycles. The Labute approximate surface area is 125 Å². The second-order valence-electron chi connectivity index (χ2n) is 5.08. The molecule has 1 aliphatic rings. The third-order valence-corrected chi connectivity index (χ3v) is 5.10. The zero-order valence-electron chi connectivity index (χ0n) is 12.5. The van der Waals surface area contributed by atoms with Gasteiger partial charge < -0.3 is 15.2 Å². The molecular weight excluding hydrogens is 272 g/mol. The molecule has 2 rings (SSSR count). The third kappa shape index (κ3) is 3.40. The maximum absolute atomic E-state index is 6.03. The van der Waals surface area contributed by atoms with Gasteiger partial charge in [-0.15, -0.1) is 0 Å². The van der Waals surface area contributed by atoms with Gasteiger partial charge in [-0.1, -0.05) is 0 Å². The monoisotopic (exact) mass is 296 g/mol. The van der Waals surface area contributed by atoms with Crippen molar-refractivity contribution in [1.29, 1.82) is 0 Å². The molecule has 112 valence electrons. The summed E-state index contributed by atoms with van der Waals surface area (Å²) < 4.78 is 10.7. The van der Waals surface area contributed by atoms with E-state index in [4.69, 9.17) is 15.2 Å². The third-order valence-electron chi connectivity index (χ3n) is 3.96. The molecule has 2 atom stereocenters. The van der Waals surface area contributed by atoms with Gasteiger partial charge in [0.2, 0.25) is 0 Å². The SMILES string of the molecule is COc1cc(OC)cc(C(CN)N(C)C2CCSC2)c1. The Bertz CT molecular complexity index is 414. The van der Waals surface area contributed by atoms with Crippen LogP contribution < -0.4 is 15.2 Å². The lowest BCUT2D eigenvalue weighted by atomic mass is 10.0. The summed E-state index contributed by atoms with van der Waals surface area (Å²) in [4.78, 5) is 2.40. The number of rotatable bonds is 6. The van der Waals surface area contributed by atoms with Gasteiger partial charge in [0.15, 0.2) is 0 Å². The van der Waals surface area contributed by atoms with Gasteiger partial charge in [-0.3, -0.25) is 4.90 Å². The van der Waals surface area contributed by atoms with E-state index in [1.165, 1.54) is 17.9 Å². The number of thioether (sulfide) groups is 1. The Balaban J connectivity index is 2.25. The zero-order chi connectivity index (χ0) is 14.5. The number of ether oxygens (including phenoxy) is 2. The molecule has 1 fully saturated rings. The van der Waals surface area contributed by atoms with Crippen LogP contribution in [0.2, 0.25) is 0 Å². The van der Waals surface area contributed by atoms with Gasteiger partial charge >= 0.3 is 0 Å². The summed E-state index contributed by atoms with van der Waals surface area (Å²) in [6.45, 7) is 0.591. The molecule has 1 saturated heterocycles. The average molecular weight is 296 g/mol. The molecule has 2 unspecified atom stereocenters. The molecule has 20 heavy (non-hydrogen) atoms. The van der Waals surface area contributed by atoms with Crippen LogP contribution in [0.4, 0.5) is 0 Å². The first kappa shape index (κ1) is 15.5. The predicted octanol–water partition coefficient (Wildman–Crippen LogP) is 2.14. The van der Waals surface area contributed by atoms with Crippen LogP contribution in [0.25, 0.3) is 0 Å². The van der Waals surface area contributed by atoms with E-state index in [1.807, 2.05) is 17.8 Å². The van der Waals surface area contributed by atoms with E-state index < -0.39 is 0 Å². The van der Waals surface area contributed by atoms with E-state index in [0.717, 1.165) is 17.1 Å². The quantitative estimate of drug-likeness (QED) is 0.871. The predicted molar refractivity (Wildman–Crippen MR) is 84.8 cm³/mol. The Hall–Kier alpha value is -0.910. The Morgan fingerprint density at radius 3 is 2.40 bits per heavy atom. The highest BCUT2D eigenvalue weighted by atomic mass is 32.2. The van der Waals surface area contributed by atoms with Gasteiger partial charge in [-0.2, -0.15) is 11.8 Å². The number of benzene rings is 1. The van der Waals surface area contributed by atoms with Gasteiger partial charge in [0.05, 0.1) is 14.2 Å². The van der Waals surface area contributed by atoms with Crippen LogP contribution in [0.5, 0.6) is 11.5 Å². The Morgan fingerprint density at radius 1 is 1.30 bits per heavy atom. The summed E-state index contributed by atoms with van der Waals surface area (Å²) in [5.41, 5.74) is 7.18. The molecule has 0 amide bonds. The van der Waals surface area contributed by atoms with Crippen LogP contribution in [0.3, 0.4) is 0 Å². The van der Waals surface area contributed by atoms with Crippen molar-refractivity contribution in [3.8, 4) is 11.5 Å². The van der Waals surface area contributed by atoms with Gasteiger partial charge in [-0.25, -0.2) is 0 Å². The van der Waals surface area contributed by atoms with Crippen LogP contribution >= 0.6 is 11.8 Å². The summed E-state index contributed by atoms with van der Waals surface area (Å²) in [5, 5.41) is 0. The van der Waals surface area contributed by atoms with Crippen LogP contribution in [0, 0.1) is 0 Å². The van der Waals surface area contributed by atoms with Crippen LogP contribution in [0.15, 0.2) is 18.2 Å². The van der Waals surface area contributed by atoms with Crippen LogP contribution in [-0.2, 0) is 0 Å². The minimum absolute atomic E-state index is 0.197. The molecule has 2 N–H and O–H groups in total. The van der Waals surface area contributed by atoms with E-state index in [9.17, 15) is 0 Å². The Kier molecular flexibility index (Phi) is 5.57. The number of hydrogen-bond acceptors (Lipinski definition) is 5. The molecule has 1 heterocycles. The molecule has 1 aromatic rings. The summed E-state index contributed by atoms with van der Waals surface area (Å²) in [5.74, 6) is 4.06. The fraction of sp³-hybridized carbons (Fsp3) is 0.600. The van der Waals surface area contributed by atoms with Gasteiger partial charge in [0, 0.05) is 30.4 Å². The van der Waals surface area contributed by atoms with E-state index in [-0.39, 0.29) is 6.04 Å². The zero-order valence-corrected chi connectivity index (χ0v) is 13.3. The second kappa shape index (κ2) is 7.20. The first-order valence-corrected chi connectivity index (χ1v) is 8.07. The summed E-state index contributed by atoms with van der Waals surface area (Å²) >= 11 is 2.02. The first-order chi connectivity index (χ1) is 9.69. The standard InChI is InChI=1S/C15H24N2O2S/c1-17(12-4-5-20-10-12)15(9-16)11-6-13(18-2)8-14(7-11)19-3/h6-8,12,15H,4-5,9-10,16H2,1-3H3. The van der Waals surface area contributed by atoms with Crippen molar-refractivity contribution in [2.75, 3.05) is 39.3 Å².